The van der Waals surface area contributed by atoms with E-state index in [2.05, 4.69) is 31.2 Å². The molecule has 1 aromatic carbocycles. The van der Waals surface area contributed by atoms with E-state index in [1.165, 1.54) is 24.0 Å². The molecule has 2 atom stereocenters. The number of aliphatic hydroxyl groups is 1. The fraction of sp³-hybridized carbons (Fsp3) is 0.500. The predicted octanol–water partition coefficient (Wildman–Crippen LogP) is 2.34. The highest BCUT2D eigenvalue weighted by atomic mass is 16.3. The van der Waals surface area contributed by atoms with E-state index < -0.39 is 0 Å². The Bertz CT molecular complexity index is 293. The zero-order chi connectivity index (χ0) is 9.26. The standard InChI is InChI=1S/C12H16O/c1-9(8-13)11-7-6-10-4-2-3-5-12(10)11/h2-5,9,11,13H,6-8H2,1H3. The molecular weight excluding hydrogens is 160 g/mol. The van der Waals surface area contributed by atoms with E-state index in [0.29, 0.717) is 18.4 Å². The van der Waals surface area contributed by atoms with Crippen LogP contribution in [0.2, 0.25) is 0 Å². The number of hydrogen-bond acceptors (Lipinski definition) is 1. The molecule has 1 N–H and O–H groups in total. The quantitative estimate of drug-likeness (QED) is 0.733. The SMILES string of the molecule is CC(CO)C1CCc2ccccc21. The Kier molecular flexibility index (Phi) is 2.36. The first-order chi connectivity index (χ1) is 6.33. The van der Waals surface area contributed by atoms with Crippen LogP contribution < -0.4 is 0 Å². The third-order valence-electron chi connectivity index (χ3n) is 3.15. The van der Waals surface area contributed by atoms with Gasteiger partial charge in [-0.1, -0.05) is 31.2 Å². The summed E-state index contributed by atoms with van der Waals surface area (Å²) in [5.41, 5.74) is 2.94. The second-order valence-corrected chi connectivity index (χ2v) is 4.00. The number of aliphatic hydroxyl groups excluding tert-OH is 1. The highest BCUT2D eigenvalue weighted by Crippen LogP contribution is 2.37. The lowest BCUT2D eigenvalue weighted by atomic mass is 9.89. The first-order valence-corrected chi connectivity index (χ1v) is 5.01. The van der Waals surface area contributed by atoms with Crippen molar-refractivity contribution >= 4 is 0 Å². The smallest absolute Gasteiger partial charge is 0.0462 e. The molecule has 1 nitrogen and oxygen atoms in total. The third kappa shape index (κ3) is 1.49. The molecule has 1 heteroatoms. The van der Waals surface area contributed by atoms with E-state index in [-0.39, 0.29) is 0 Å². The molecule has 0 aliphatic heterocycles. The van der Waals surface area contributed by atoms with Crippen LogP contribution in [0.1, 0.15) is 30.4 Å². The zero-order valence-electron chi connectivity index (χ0n) is 8.03. The van der Waals surface area contributed by atoms with Crippen molar-refractivity contribution in [1.29, 1.82) is 0 Å². The highest BCUT2D eigenvalue weighted by molar-refractivity contribution is 5.35. The van der Waals surface area contributed by atoms with E-state index in [9.17, 15) is 0 Å². The Balaban J connectivity index is 2.28. The Morgan fingerprint density at radius 3 is 3.00 bits per heavy atom. The number of benzene rings is 1. The van der Waals surface area contributed by atoms with E-state index in [1.54, 1.807) is 0 Å². The van der Waals surface area contributed by atoms with E-state index in [1.807, 2.05) is 0 Å². The summed E-state index contributed by atoms with van der Waals surface area (Å²) >= 11 is 0. The van der Waals surface area contributed by atoms with E-state index >= 15 is 0 Å². The lowest BCUT2D eigenvalue weighted by Gasteiger charge is -2.17. The molecule has 70 valence electrons. The second-order valence-electron chi connectivity index (χ2n) is 4.00. The van der Waals surface area contributed by atoms with Crippen molar-refractivity contribution in [3.63, 3.8) is 0 Å². The normalized spacial score (nSPS) is 22.8. The topological polar surface area (TPSA) is 20.2 Å². The molecule has 1 aliphatic carbocycles. The molecule has 13 heavy (non-hydrogen) atoms. The fourth-order valence-corrected chi connectivity index (χ4v) is 2.31. The number of aryl methyl sites for hydroxylation is 1. The Morgan fingerprint density at radius 1 is 1.46 bits per heavy atom. The maximum atomic E-state index is 9.12. The summed E-state index contributed by atoms with van der Waals surface area (Å²) < 4.78 is 0. The average Bonchev–Trinajstić information content (AvgIpc) is 2.60. The average molecular weight is 176 g/mol. The molecular formula is C12H16O. The molecule has 0 amide bonds. The number of hydrogen-bond donors (Lipinski definition) is 1. The van der Waals surface area contributed by atoms with Crippen LogP contribution in [0, 0.1) is 5.92 Å². The van der Waals surface area contributed by atoms with Crippen LogP contribution in [0.4, 0.5) is 0 Å². The van der Waals surface area contributed by atoms with Crippen molar-refractivity contribution in [2.24, 2.45) is 5.92 Å². The summed E-state index contributed by atoms with van der Waals surface area (Å²) in [6.07, 6.45) is 2.40. The van der Waals surface area contributed by atoms with Crippen LogP contribution in [0.15, 0.2) is 24.3 Å². The van der Waals surface area contributed by atoms with Crippen molar-refractivity contribution in [3.8, 4) is 0 Å². The number of fused-ring (bicyclic) bond motifs is 1. The minimum atomic E-state index is 0.305. The first-order valence-electron chi connectivity index (χ1n) is 5.01. The molecule has 0 bridgehead atoms. The van der Waals surface area contributed by atoms with Crippen LogP contribution in [0.25, 0.3) is 0 Å². The third-order valence-corrected chi connectivity index (χ3v) is 3.15. The second kappa shape index (κ2) is 3.51. The van der Waals surface area contributed by atoms with Crippen LogP contribution in [0.3, 0.4) is 0 Å². The Labute approximate surface area is 79.4 Å². The van der Waals surface area contributed by atoms with Crippen molar-refractivity contribution in [2.75, 3.05) is 6.61 Å². The summed E-state index contributed by atoms with van der Waals surface area (Å²) in [6, 6.07) is 8.62. The minimum Gasteiger partial charge on any atom is -0.396 e. The first kappa shape index (κ1) is 8.76. The van der Waals surface area contributed by atoms with Crippen molar-refractivity contribution < 1.29 is 5.11 Å². The van der Waals surface area contributed by atoms with Gasteiger partial charge in [0.2, 0.25) is 0 Å². The van der Waals surface area contributed by atoms with Crippen LogP contribution in [0.5, 0.6) is 0 Å². The molecule has 1 aliphatic rings. The van der Waals surface area contributed by atoms with Gasteiger partial charge in [0.05, 0.1) is 0 Å². The Morgan fingerprint density at radius 2 is 2.23 bits per heavy atom. The highest BCUT2D eigenvalue weighted by Gasteiger charge is 2.25. The summed E-state index contributed by atoms with van der Waals surface area (Å²) in [7, 11) is 0. The van der Waals surface area contributed by atoms with Gasteiger partial charge >= 0.3 is 0 Å². The van der Waals surface area contributed by atoms with Gasteiger partial charge in [-0.05, 0) is 35.8 Å². The molecule has 1 aromatic rings. The van der Waals surface area contributed by atoms with Crippen molar-refractivity contribution in [1.82, 2.24) is 0 Å². The summed E-state index contributed by atoms with van der Waals surface area (Å²) in [5.74, 6) is 0.991. The molecule has 0 radical (unpaired) electrons. The molecule has 2 unspecified atom stereocenters. The largest absolute Gasteiger partial charge is 0.396 e. The van der Waals surface area contributed by atoms with Gasteiger partial charge in [-0.25, -0.2) is 0 Å². The van der Waals surface area contributed by atoms with Gasteiger partial charge in [0.15, 0.2) is 0 Å². The number of rotatable bonds is 2. The van der Waals surface area contributed by atoms with Crippen LogP contribution in [-0.4, -0.2) is 11.7 Å². The van der Waals surface area contributed by atoms with Crippen molar-refractivity contribution in [3.05, 3.63) is 35.4 Å². The van der Waals surface area contributed by atoms with Crippen LogP contribution in [-0.2, 0) is 6.42 Å². The van der Waals surface area contributed by atoms with Gasteiger partial charge in [-0.15, -0.1) is 0 Å². The van der Waals surface area contributed by atoms with Gasteiger partial charge in [-0.2, -0.15) is 0 Å². The molecule has 2 rings (SSSR count). The fourth-order valence-electron chi connectivity index (χ4n) is 2.31. The molecule has 0 spiro atoms. The summed E-state index contributed by atoms with van der Waals surface area (Å²) in [6.45, 7) is 2.44. The maximum absolute atomic E-state index is 9.12. The van der Waals surface area contributed by atoms with Gasteiger partial charge in [-0.3, -0.25) is 0 Å². The summed E-state index contributed by atoms with van der Waals surface area (Å²) in [4.78, 5) is 0. The molecule has 0 saturated carbocycles. The zero-order valence-corrected chi connectivity index (χ0v) is 8.03. The molecule has 0 fully saturated rings. The lowest BCUT2D eigenvalue weighted by Crippen LogP contribution is -2.10. The maximum Gasteiger partial charge on any atom is 0.0462 e. The van der Waals surface area contributed by atoms with E-state index in [4.69, 9.17) is 5.11 Å². The van der Waals surface area contributed by atoms with Gasteiger partial charge < -0.3 is 5.11 Å². The molecule has 0 heterocycles. The van der Waals surface area contributed by atoms with E-state index in [0.717, 1.165) is 0 Å². The predicted molar refractivity (Wildman–Crippen MR) is 53.8 cm³/mol. The van der Waals surface area contributed by atoms with Crippen LogP contribution >= 0.6 is 0 Å². The van der Waals surface area contributed by atoms with Crippen molar-refractivity contribution in [2.45, 2.75) is 25.7 Å². The minimum absolute atomic E-state index is 0.305. The van der Waals surface area contributed by atoms with Gasteiger partial charge in [0.1, 0.15) is 0 Å². The van der Waals surface area contributed by atoms with Gasteiger partial charge in [0.25, 0.3) is 0 Å². The monoisotopic (exact) mass is 176 g/mol. The molecule has 0 saturated heterocycles. The summed E-state index contributed by atoms with van der Waals surface area (Å²) in [5, 5.41) is 9.12. The molecule has 0 aromatic heterocycles. The van der Waals surface area contributed by atoms with Gasteiger partial charge in [0, 0.05) is 6.61 Å². The Hall–Kier alpha value is -0.820. The lowest BCUT2D eigenvalue weighted by molar-refractivity contribution is 0.215.